The molecular formula is C46H60N2O4. The van der Waals surface area contributed by atoms with Gasteiger partial charge >= 0.3 is 5.97 Å². The van der Waals surface area contributed by atoms with Crippen LogP contribution in [0.3, 0.4) is 0 Å². The van der Waals surface area contributed by atoms with Gasteiger partial charge in [-0.1, -0.05) is 78.7 Å². The normalized spacial score (nSPS) is 13.0. The lowest BCUT2D eigenvalue weighted by Gasteiger charge is -2.35. The number of benzene rings is 4. The molecule has 0 saturated heterocycles. The van der Waals surface area contributed by atoms with Gasteiger partial charge in [-0.15, -0.1) is 0 Å². The van der Waals surface area contributed by atoms with Crippen molar-refractivity contribution in [3.63, 3.8) is 0 Å². The Morgan fingerprint density at radius 3 is 2.00 bits per heavy atom. The van der Waals surface area contributed by atoms with Crippen LogP contribution in [0.25, 0.3) is 11.1 Å². The van der Waals surface area contributed by atoms with Gasteiger partial charge in [0.2, 0.25) is 0 Å². The first-order valence-electron chi connectivity index (χ1n) is 19.3. The number of hydrogen-bond donors (Lipinski definition) is 0. The van der Waals surface area contributed by atoms with Crippen LogP contribution in [-0.4, -0.2) is 83.0 Å². The molecule has 0 bridgehead atoms. The van der Waals surface area contributed by atoms with E-state index in [9.17, 15) is 4.79 Å². The van der Waals surface area contributed by atoms with Crippen LogP contribution in [0.15, 0.2) is 72.8 Å². The van der Waals surface area contributed by atoms with Crippen molar-refractivity contribution in [2.45, 2.75) is 72.1 Å². The van der Waals surface area contributed by atoms with Crippen molar-refractivity contribution < 1.29 is 19.0 Å². The molecular weight excluding hydrogens is 645 g/mol. The first-order chi connectivity index (χ1) is 25.1. The van der Waals surface area contributed by atoms with Gasteiger partial charge in [-0.3, -0.25) is 0 Å². The lowest BCUT2D eigenvalue weighted by Crippen LogP contribution is -2.29. The fourth-order valence-electron chi connectivity index (χ4n) is 7.70. The summed E-state index contributed by atoms with van der Waals surface area (Å²) < 4.78 is 18.0. The second-order valence-electron chi connectivity index (χ2n) is 14.8. The van der Waals surface area contributed by atoms with E-state index in [1.165, 1.54) is 50.1 Å². The summed E-state index contributed by atoms with van der Waals surface area (Å²) in [5.41, 5.74) is 11.9. The molecule has 0 aliphatic heterocycles. The fraction of sp³-hybridized carbons (Fsp3) is 0.457. The van der Waals surface area contributed by atoms with Crippen LogP contribution < -0.4 is 4.74 Å². The number of carbonyl (C=O) groups is 1. The highest BCUT2D eigenvalue weighted by molar-refractivity contribution is 5.94. The third kappa shape index (κ3) is 8.79. The van der Waals surface area contributed by atoms with Crippen molar-refractivity contribution in [1.29, 1.82) is 0 Å². The van der Waals surface area contributed by atoms with Gasteiger partial charge in [-0.05, 0) is 151 Å². The molecule has 0 unspecified atom stereocenters. The Balaban J connectivity index is 1.57. The summed E-state index contributed by atoms with van der Waals surface area (Å²) in [6.07, 6.45) is 5.02. The monoisotopic (exact) mass is 704 g/mol. The summed E-state index contributed by atoms with van der Waals surface area (Å²) >= 11 is 0. The van der Waals surface area contributed by atoms with Crippen LogP contribution in [0.1, 0.15) is 94.4 Å². The van der Waals surface area contributed by atoms with E-state index in [0.717, 1.165) is 70.5 Å². The van der Waals surface area contributed by atoms with E-state index < -0.39 is 5.41 Å². The van der Waals surface area contributed by atoms with Crippen molar-refractivity contribution in [1.82, 2.24) is 9.80 Å². The Labute approximate surface area is 313 Å². The van der Waals surface area contributed by atoms with Gasteiger partial charge in [0.25, 0.3) is 0 Å². The maximum Gasteiger partial charge on any atom is 0.341 e. The molecule has 6 nitrogen and oxygen atoms in total. The molecule has 0 aromatic heterocycles. The van der Waals surface area contributed by atoms with E-state index in [2.05, 4.69) is 119 Å². The second-order valence-corrected chi connectivity index (χ2v) is 14.8. The van der Waals surface area contributed by atoms with Crippen molar-refractivity contribution in [2.75, 3.05) is 67.2 Å². The molecule has 1 aliphatic rings. The van der Waals surface area contributed by atoms with Gasteiger partial charge in [-0.25, -0.2) is 4.79 Å². The molecule has 0 saturated carbocycles. The minimum atomic E-state index is -0.648. The molecule has 52 heavy (non-hydrogen) atoms. The quantitative estimate of drug-likeness (QED) is 0.0632. The van der Waals surface area contributed by atoms with E-state index in [1.54, 1.807) is 0 Å². The minimum Gasteiger partial charge on any atom is -0.493 e. The first kappa shape index (κ1) is 39.2. The molecule has 0 radical (unpaired) electrons. The van der Waals surface area contributed by atoms with Crippen LogP contribution in [-0.2, 0) is 21.3 Å². The molecule has 278 valence electrons. The van der Waals surface area contributed by atoms with Gasteiger partial charge < -0.3 is 24.0 Å². The zero-order valence-electron chi connectivity index (χ0n) is 32.9. The average Bonchev–Trinajstić information content (AvgIpc) is 3.39. The molecule has 0 atom stereocenters. The number of unbranched alkanes of at least 4 members (excludes halogenated alkanes) is 1. The zero-order valence-corrected chi connectivity index (χ0v) is 32.9. The first-order valence-corrected chi connectivity index (χ1v) is 19.3. The lowest BCUT2D eigenvalue weighted by atomic mass is 9.66. The summed E-state index contributed by atoms with van der Waals surface area (Å²) in [5, 5.41) is 0. The van der Waals surface area contributed by atoms with Crippen LogP contribution in [0.5, 0.6) is 5.75 Å². The number of aryl methyl sites for hydroxylation is 4. The molecule has 0 N–H and O–H groups in total. The topological polar surface area (TPSA) is 51.2 Å². The van der Waals surface area contributed by atoms with Gasteiger partial charge in [0.15, 0.2) is 0 Å². The van der Waals surface area contributed by atoms with Crippen molar-refractivity contribution >= 4 is 5.97 Å². The molecule has 4 aromatic carbocycles. The summed E-state index contributed by atoms with van der Waals surface area (Å²) in [7, 11) is 6.32. The maximum absolute atomic E-state index is 13.7. The average molecular weight is 705 g/mol. The van der Waals surface area contributed by atoms with Gasteiger partial charge in [0.1, 0.15) is 11.3 Å². The molecule has 6 heteroatoms. The van der Waals surface area contributed by atoms with Crippen LogP contribution in [0.4, 0.5) is 0 Å². The number of fused-ring (bicyclic) bond motifs is 3. The summed E-state index contributed by atoms with van der Waals surface area (Å²) in [4.78, 5) is 18.2. The van der Waals surface area contributed by atoms with E-state index in [4.69, 9.17) is 14.2 Å². The molecule has 0 amide bonds. The molecule has 4 aromatic rings. The highest BCUT2D eigenvalue weighted by Crippen LogP contribution is 2.57. The molecule has 0 fully saturated rings. The molecule has 0 heterocycles. The fourth-order valence-corrected chi connectivity index (χ4v) is 7.70. The highest BCUT2D eigenvalue weighted by Gasteiger charge is 2.47. The van der Waals surface area contributed by atoms with Crippen LogP contribution in [0.2, 0.25) is 0 Å². The Morgan fingerprint density at radius 2 is 1.37 bits per heavy atom. The molecule has 0 spiro atoms. The third-order valence-electron chi connectivity index (χ3n) is 10.3. The minimum absolute atomic E-state index is 0.294. The Morgan fingerprint density at radius 1 is 0.692 bits per heavy atom. The molecule has 1 aliphatic carbocycles. The van der Waals surface area contributed by atoms with Crippen LogP contribution >= 0.6 is 0 Å². The Bertz CT molecular complexity index is 1760. The number of nitrogens with zero attached hydrogens (tertiary/aromatic N) is 2. The van der Waals surface area contributed by atoms with Gasteiger partial charge in [0.05, 0.1) is 25.2 Å². The third-order valence-corrected chi connectivity index (χ3v) is 10.3. The zero-order chi connectivity index (χ0) is 37.3. The molecule has 5 rings (SSSR count). The van der Waals surface area contributed by atoms with Gasteiger partial charge in [-0.2, -0.15) is 0 Å². The van der Waals surface area contributed by atoms with Crippen molar-refractivity contribution in [2.24, 2.45) is 0 Å². The predicted molar refractivity (Wildman–Crippen MR) is 214 cm³/mol. The van der Waals surface area contributed by atoms with Crippen molar-refractivity contribution in [3.8, 4) is 16.9 Å². The number of esters is 1. The largest absolute Gasteiger partial charge is 0.493 e. The highest BCUT2D eigenvalue weighted by atomic mass is 16.5. The van der Waals surface area contributed by atoms with E-state index in [1.807, 2.05) is 19.1 Å². The van der Waals surface area contributed by atoms with Crippen LogP contribution in [0, 0.1) is 20.8 Å². The maximum atomic E-state index is 13.7. The number of likely N-dealkylation sites (N-methyl/N-ethyl adjacent to an activating group) is 1. The smallest absolute Gasteiger partial charge is 0.341 e. The van der Waals surface area contributed by atoms with E-state index >= 15 is 0 Å². The van der Waals surface area contributed by atoms with Crippen molar-refractivity contribution in [3.05, 3.63) is 123 Å². The van der Waals surface area contributed by atoms with E-state index in [-0.39, 0.29) is 5.97 Å². The van der Waals surface area contributed by atoms with E-state index in [0.29, 0.717) is 24.5 Å². The number of rotatable bonds is 19. The number of hydrogen-bond acceptors (Lipinski definition) is 6. The standard InChI is InChI=1S/C46H60N2O4/c1-9-23-48(8)25-28-50-26-13-14-36-17-18-37(31-35(36)5)46(42-29-33(3)15-20-39(42)40-21-16-34(4)30-43(40)46)38-19-22-44(41(32-38)45(49)51-10-2)52-27-12-11-24-47(6)7/h15-22,29-32H,9-14,23-28H2,1-8H3. The summed E-state index contributed by atoms with van der Waals surface area (Å²) in [6.45, 7) is 16.0. The Kier molecular flexibility index (Phi) is 13.7. The lowest BCUT2D eigenvalue weighted by molar-refractivity contribution is 0.0521. The summed E-state index contributed by atoms with van der Waals surface area (Å²) in [5.74, 6) is 0.209. The predicted octanol–water partition coefficient (Wildman–Crippen LogP) is 9.16. The summed E-state index contributed by atoms with van der Waals surface area (Å²) in [6, 6.07) is 26.8. The number of carbonyl (C=O) groups excluding carboxylic acids is 1. The SMILES string of the molecule is CCCN(C)CCOCCCc1ccc(C2(c3ccc(OCCCCN(C)C)c(C(=O)OCC)c3)c3cc(C)ccc3-c3ccc(C)cc32)cc1C. The van der Waals surface area contributed by atoms with Gasteiger partial charge in [0, 0.05) is 13.2 Å². The number of ether oxygens (including phenoxy) is 3. The second kappa shape index (κ2) is 18.2. The Hall–Kier alpha value is -3.97.